The summed E-state index contributed by atoms with van der Waals surface area (Å²) in [7, 11) is 0. The molecule has 2 heterocycles. The largest absolute Gasteiger partial charge is 0.243 e. The second-order valence-electron chi connectivity index (χ2n) is 6.56. The molecule has 0 spiro atoms. The predicted octanol–water partition coefficient (Wildman–Crippen LogP) is 6.63. The maximum atomic E-state index is 13.2. The van der Waals surface area contributed by atoms with Gasteiger partial charge in [0.2, 0.25) is 0 Å². The minimum Gasteiger partial charge on any atom is -0.243 e. The van der Waals surface area contributed by atoms with Crippen molar-refractivity contribution >= 4 is 22.8 Å². The molecule has 0 aliphatic rings. The van der Waals surface area contributed by atoms with Gasteiger partial charge in [-0.05, 0) is 42.4 Å². The van der Waals surface area contributed by atoms with Gasteiger partial charge in [-0.15, -0.1) is 0 Å². The fraction of sp³-hybridized carbons (Fsp3) is 0.429. The van der Waals surface area contributed by atoms with Gasteiger partial charge in [-0.1, -0.05) is 57.5 Å². The molecule has 1 unspecified atom stereocenters. The summed E-state index contributed by atoms with van der Waals surface area (Å²) in [5, 5.41) is 4.77. The molecule has 1 atom stereocenters. The topological polar surface area (TPSA) is 30.2 Å². The first-order valence-electron chi connectivity index (χ1n) is 9.29. The number of unbranched alkanes of at least 4 members (excludes halogenated alkanes) is 1. The van der Waals surface area contributed by atoms with Crippen molar-refractivity contribution in [1.29, 1.82) is 0 Å². The molecule has 0 radical (unpaired) electrons. The van der Waals surface area contributed by atoms with Crippen LogP contribution in [0, 0.1) is 0 Å². The number of hydrogen-bond donors (Lipinski definition) is 0. The monoisotopic (exact) mass is 393 g/mol. The molecule has 0 saturated heterocycles. The third kappa shape index (κ3) is 4.64. The van der Waals surface area contributed by atoms with E-state index in [0.29, 0.717) is 16.8 Å². The van der Waals surface area contributed by atoms with Crippen LogP contribution in [0.4, 0.5) is 8.78 Å². The average Bonchev–Trinajstić information content (AvgIpc) is 3.01. The van der Waals surface area contributed by atoms with Crippen LogP contribution in [0.3, 0.4) is 0 Å². The zero-order valence-corrected chi connectivity index (χ0v) is 16.9. The van der Waals surface area contributed by atoms with E-state index in [9.17, 15) is 8.78 Å². The lowest BCUT2D eigenvalue weighted by Crippen LogP contribution is -2.09. The molecule has 0 aromatic carbocycles. The molecule has 0 aliphatic heterocycles. The molecule has 3 nitrogen and oxygen atoms in total. The Morgan fingerprint density at radius 2 is 2.11 bits per heavy atom. The van der Waals surface area contributed by atoms with Crippen LogP contribution in [0.2, 0.25) is 5.15 Å². The van der Waals surface area contributed by atoms with Crippen LogP contribution in [0.5, 0.6) is 0 Å². The number of nitrogens with zero attached hydrogens (tertiary/aromatic N) is 3. The molecule has 0 bridgehead atoms. The summed E-state index contributed by atoms with van der Waals surface area (Å²) in [6.45, 7) is 9.05. The van der Waals surface area contributed by atoms with Gasteiger partial charge in [0.05, 0.1) is 11.3 Å². The zero-order valence-electron chi connectivity index (χ0n) is 16.1. The minimum atomic E-state index is -1.15. The average molecular weight is 394 g/mol. The maximum Gasteiger partial charge on any atom is 0.164 e. The molecule has 6 heteroatoms. The highest BCUT2D eigenvalue weighted by atomic mass is 35.5. The molecule has 0 saturated carbocycles. The molecule has 0 aliphatic carbocycles. The lowest BCUT2D eigenvalue weighted by Gasteiger charge is -2.16. The van der Waals surface area contributed by atoms with E-state index in [1.807, 2.05) is 6.20 Å². The third-order valence-electron chi connectivity index (χ3n) is 4.68. The van der Waals surface area contributed by atoms with Crippen molar-refractivity contribution in [2.75, 3.05) is 6.67 Å². The van der Waals surface area contributed by atoms with Crippen molar-refractivity contribution in [2.45, 2.75) is 52.4 Å². The molecule has 0 N–H and O–H groups in total. The maximum absolute atomic E-state index is 13.2. The number of hydrogen-bond acceptors (Lipinski definition) is 2. The van der Waals surface area contributed by atoms with Gasteiger partial charge in [0.25, 0.3) is 0 Å². The highest BCUT2D eigenvalue weighted by molar-refractivity contribution is 6.32. The van der Waals surface area contributed by atoms with Crippen LogP contribution in [-0.4, -0.2) is 21.3 Å². The Kier molecular flexibility index (Phi) is 7.72. The quantitative estimate of drug-likeness (QED) is 0.447. The van der Waals surface area contributed by atoms with E-state index in [1.165, 1.54) is 6.08 Å². The second kappa shape index (κ2) is 9.79. The summed E-state index contributed by atoms with van der Waals surface area (Å²) in [4.78, 5) is 4.59. The lowest BCUT2D eigenvalue weighted by atomic mass is 9.97. The Morgan fingerprint density at radius 1 is 1.37 bits per heavy atom. The van der Waals surface area contributed by atoms with E-state index in [0.717, 1.165) is 43.0 Å². The molecule has 2 rings (SSSR count). The van der Waals surface area contributed by atoms with E-state index in [1.54, 1.807) is 10.6 Å². The van der Waals surface area contributed by atoms with Gasteiger partial charge in [0, 0.05) is 6.20 Å². The van der Waals surface area contributed by atoms with Gasteiger partial charge in [0.15, 0.2) is 10.8 Å². The van der Waals surface area contributed by atoms with Crippen LogP contribution in [0.25, 0.3) is 11.2 Å². The Labute approximate surface area is 164 Å². The van der Waals surface area contributed by atoms with Crippen LogP contribution >= 0.6 is 11.6 Å². The van der Waals surface area contributed by atoms with E-state index in [4.69, 9.17) is 11.6 Å². The van der Waals surface area contributed by atoms with Crippen molar-refractivity contribution in [3.63, 3.8) is 0 Å². The van der Waals surface area contributed by atoms with E-state index >= 15 is 0 Å². The highest BCUT2D eigenvalue weighted by Gasteiger charge is 2.21. The summed E-state index contributed by atoms with van der Waals surface area (Å²) >= 11 is 6.42. The standard InChI is InChI=1S/C21H26ClF2N3/c1-5-8-9-16-13-25-21-18(15(7-3)10-11-17(24)12-23)20(22)26-27(21)19(16)14(4)6-2/h7,10-11,13-14H,3,5-6,8-9,12H2,1-2,4H3/b15-10+,17-11+. The molecule has 0 amide bonds. The Hall–Kier alpha value is -2.01. The van der Waals surface area contributed by atoms with Gasteiger partial charge in [-0.2, -0.15) is 5.10 Å². The number of fused-ring (bicyclic) bond motifs is 1. The molecular weight excluding hydrogens is 368 g/mol. The van der Waals surface area contributed by atoms with Gasteiger partial charge in [-0.25, -0.2) is 18.3 Å². The molecule has 146 valence electrons. The van der Waals surface area contributed by atoms with Gasteiger partial charge < -0.3 is 0 Å². The second-order valence-corrected chi connectivity index (χ2v) is 6.91. The summed E-state index contributed by atoms with van der Waals surface area (Å²) in [5.41, 5.74) is 3.97. The van der Waals surface area contributed by atoms with E-state index in [-0.39, 0.29) is 11.1 Å². The summed E-state index contributed by atoms with van der Waals surface area (Å²) in [6, 6.07) is 0. The number of aromatic nitrogens is 3. The Morgan fingerprint density at radius 3 is 2.70 bits per heavy atom. The van der Waals surface area contributed by atoms with Gasteiger partial charge >= 0.3 is 0 Å². The Bertz CT molecular complexity index is 868. The zero-order chi connectivity index (χ0) is 20.0. The first-order valence-corrected chi connectivity index (χ1v) is 9.67. The predicted molar refractivity (Wildman–Crippen MR) is 109 cm³/mol. The van der Waals surface area contributed by atoms with Crippen molar-refractivity contribution in [1.82, 2.24) is 14.6 Å². The van der Waals surface area contributed by atoms with Crippen molar-refractivity contribution in [2.24, 2.45) is 0 Å². The fourth-order valence-corrected chi connectivity index (χ4v) is 3.29. The summed E-state index contributed by atoms with van der Waals surface area (Å²) in [6.07, 6.45) is 10.00. The number of allylic oxidation sites excluding steroid dienone is 5. The van der Waals surface area contributed by atoms with Crippen LogP contribution in [-0.2, 0) is 6.42 Å². The SMILES string of the molecule is C=C/C(=C\C=C(\F)CF)c1c(Cl)nn2c(C(C)CC)c(CCCC)cnc12. The van der Waals surface area contributed by atoms with Crippen LogP contribution < -0.4 is 0 Å². The van der Waals surface area contributed by atoms with Gasteiger partial charge in [-0.3, -0.25) is 0 Å². The number of alkyl halides is 1. The normalized spacial score (nSPS) is 14.0. The smallest absolute Gasteiger partial charge is 0.164 e. The van der Waals surface area contributed by atoms with Crippen molar-refractivity contribution in [3.8, 4) is 0 Å². The van der Waals surface area contributed by atoms with Crippen LogP contribution in [0.15, 0.2) is 36.8 Å². The first kappa shape index (κ1) is 21.3. The third-order valence-corrected chi connectivity index (χ3v) is 4.94. The minimum absolute atomic E-state index is 0.264. The number of rotatable bonds is 9. The first-order chi connectivity index (χ1) is 13.0. The summed E-state index contributed by atoms with van der Waals surface area (Å²) in [5.74, 6) is -0.580. The van der Waals surface area contributed by atoms with E-state index in [2.05, 4.69) is 37.4 Å². The highest BCUT2D eigenvalue weighted by Crippen LogP contribution is 2.32. The molecule has 27 heavy (non-hydrogen) atoms. The van der Waals surface area contributed by atoms with Crippen molar-refractivity contribution < 1.29 is 8.78 Å². The lowest BCUT2D eigenvalue weighted by molar-refractivity contribution is 0.459. The molecule has 2 aromatic rings. The summed E-state index contributed by atoms with van der Waals surface area (Å²) < 4.78 is 27.4. The number of halogens is 3. The molecule has 2 aromatic heterocycles. The van der Waals surface area contributed by atoms with Crippen molar-refractivity contribution in [3.05, 3.63) is 58.8 Å². The van der Waals surface area contributed by atoms with Gasteiger partial charge in [0.1, 0.15) is 12.5 Å². The number of aryl methyl sites for hydroxylation is 1. The molecule has 0 fully saturated rings. The van der Waals surface area contributed by atoms with Crippen LogP contribution in [0.1, 0.15) is 62.8 Å². The molecular formula is C21H26ClF2N3. The van der Waals surface area contributed by atoms with E-state index < -0.39 is 12.5 Å². The fourth-order valence-electron chi connectivity index (χ4n) is 3.02. The Balaban J connectivity index is 2.70.